The van der Waals surface area contributed by atoms with Gasteiger partial charge >= 0.3 is 0 Å². The van der Waals surface area contributed by atoms with Crippen molar-refractivity contribution in [2.24, 2.45) is 0 Å². The first-order valence-electron chi connectivity index (χ1n) is 5.97. The Balaban J connectivity index is 0. The average molecular weight is 196 g/mol. The monoisotopic (exact) mass is 196 g/mol. The van der Waals surface area contributed by atoms with Gasteiger partial charge in [-0.05, 0) is 32.3 Å². The standard InChI is InChI=1S/C12H22.C2H6/c1-6-8-11(5)12(9-7-2)10(3)4;1-2/h5-9H2,1-4H3;1-2H3. The molecule has 0 aliphatic carbocycles. The molecule has 0 rings (SSSR count). The van der Waals surface area contributed by atoms with Crippen LogP contribution >= 0.6 is 0 Å². The van der Waals surface area contributed by atoms with E-state index in [1.54, 1.807) is 0 Å². The Hall–Kier alpha value is -0.520. The van der Waals surface area contributed by atoms with Crippen molar-refractivity contribution in [3.05, 3.63) is 23.3 Å². The fourth-order valence-electron chi connectivity index (χ4n) is 1.48. The van der Waals surface area contributed by atoms with Crippen molar-refractivity contribution < 1.29 is 0 Å². The Labute approximate surface area is 91.1 Å². The molecule has 0 saturated heterocycles. The molecule has 0 heterocycles. The SMILES string of the molecule is C=C(CCC)C(CCC)=C(C)C.CC. The van der Waals surface area contributed by atoms with Gasteiger partial charge in [0.1, 0.15) is 0 Å². The lowest BCUT2D eigenvalue weighted by Gasteiger charge is -2.11. The van der Waals surface area contributed by atoms with E-state index >= 15 is 0 Å². The van der Waals surface area contributed by atoms with Crippen LogP contribution in [-0.4, -0.2) is 0 Å². The maximum Gasteiger partial charge on any atom is -0.0280 e. The zero-order valence-corrected chi connectivity index (χ0v) is 11.0. The van der Waals surface area contributed by atoms with Crippen LogP contribution in [0, 0.1) is 0 Å². The fourth-order valence-corrected chi connectivity index (χ4v) is 1.48. The van der Waals surface area contributed by atoms with Crippen LogP contribution in [0.4, 0.5) is 0 Å². The minimum absolute atomic E-state index is 1.15. The summed E-state index contributed by atoms with van der Waals surface area (Å²) in [5.41, 5.74) is 4.29. The van der Waals surface area contributed by atoms with Crippen molar-refractivity contribution in [3.8, 4) is 0 Å². The quantitative estimate of drug-likeness (QED) is 0.509. The van der Waals surface area contributed by atoms with Gasteiger partial charge in [-0.3, -0.25) is 0 Å². The summed E-state index contributed by atoms with van der Waals surface area (Å²) in [4.78, 5) is 0. The van der Waals surface area contributed by atoms with E-state index in [9.17, 15) is 0 Å². The zero-order chi connectivity index (χ0) is 11.6. The lowest BCUT2D eigenvalue weighted by molar-refractivity contribution is 0.844. The van der Waals surface area contributed by atoms with E-state index in [-0.39, 0.29) is 0 Å². The van der Waals surface area contributed by atoms with Crippen molar-refractivity contribution in [2.75, 3.05) is 0 Å². The van der Waals surface area contributed by atoms with E-state index in [0.29, 0.717) is 0 Å². The molecular formula is C14H28. The molecule has 0 heteroatoms. The summed E-state index contributed by atoms with van der Waals surface area (Å²) in [6.07, 6.45) is 4.78. The maximum atomic E-state index is 4.13. The summed E-state index contributed by atoms with van der Waals surface area (Å²) < 4.78 is 0. The van der Waals surface area contributed by atoms with E-state index in [1.807, 2.05) is 13.8 Å². The third-order valence-electron chi connectivity index (χ3n) is 2.08. The summed E-state index contributed by atoms with van der Waals surface area (Å²) in [6.45, 7) is 16.9. The summed E-state index contributed by atoms with van der Waals surface area (Å²) in [5.74, 6) is 0. The highest BCUT2D eigenvalue weighted by Crippen LogP contribution is 2.22. The predicted octanol–water partition coefficient (Wildman–Crippen LogP) is 5.51. The molecule has 14 heavy (non-hydrogen) atoms. The number of allylic oxidation sites excluding steroid dienone is 3. The van der Waals surface area contributed by atoms with Gasteiger partial charge in [0.25, 0.3) is 0 Å². The van der Waals surface area contributed by atoms with Gasteiger partial charge in [0, 0.05) is 0 Å². The summed E-state index contributed by atoms with van der Waals surface area (Å²) in [5, 5.41) is 0. The normalized spacial score (nSPS) is 8.71. The predicted molar refractivity (Wildman–Crippen MR) is 68.7 cm³/mol. The molecule has 0 aromatic carbocycles. The molecule has 0 spiro atoms. The van der Waals surface area contributed by atoms with Gasteiger partial charge in [0.2, 0.25) is 0 Å². The first-order chi connectivity index (χ1) is 6.63. The van der Waals surface area contributed by atoms with E-state index < -0.39 is 0 Å². The molecule has 84 valence electrons. The average Bonchev–Trinajstić information content (AvgIpc) is 2.17. The molecule has 0 unspecified atom stereocenters. The van der Waals surface area contributed by atoms with Gasteiger partial charge in [0.15, 0.2) is 0 Å². The molecular weight excluding hydrogens is 168 g/mol. The molecule has 0 fully saturated rings. The van der Waals surface area contributed by atoms with E-state index in [1.165, 1.54) is 36.0 Å². The third-order valence-corrected chi connectivity index (χ3v) is 2.08. The van der Waals surface area contributed by atoms with Crippen molar-refractivity contribution >= 4 is 0 Å². The van der Waals surface area contributed by atoms with Gasteiger partial charge in [-0.25, -0.2) is 0 Å². The summed E-state index contributed by atoms with van der Waals surface area (Å²) >= 11 is 0. The van der Waals surface area contributed by atoms with Crippen LogP contribution in [0.15, 0.2) is 23.3 Å². The smallest absolute Gasteiger partial charge is 0.0280 e. The highest BCUT2D eigenvalue weighted by molar-refractivity contribution is 5.31. The Morgan fingerprint density at radius 2 is 1.36 bits per heavy atom. The minimum atomic E-state index is 1.15. The van der Waals surface area contributed by atoms with Crippen molar-refractivity contribution in [1.82, 2.24) is 0 Å². The molecule has 0 aliphatic rings. The largest absolute Gasteiger partial charge is 0.0956 e. The van der Waals surface area contributed by atoms with Gasteiger partial charge < -0.3 is 0 Å². The first-order valence-corrected chi connectivity index (χ1v) is 5.97. The van der Waals surface area contributed by atoms with E-state index in [0.717, 1.165) is 6.42 Å². The lowest BCUT2D eigenvalue weighted by Crippen LogP contribution is -1.91. The molecule has 0 aliphatic heterocycles. The van der Waals surface area contributed by atoms with Crippen LogP contribution in [-0.2, 0) is 0 Å². The second-order valence-electron chi connectivity index (χ2n) is 3.58. The maximum absolute atomic E-state index is 4.13. The number of hydrogen-bond acceptors (Lipinski definition) is 0. The van der Waals surface area contributed by atoms with Crippen LogP contribution in [0.25, 0.3) is 0 Å². The Morgan fingerprint density at radius 1 is 0.929 bits per heavy atom. The number of rotatable bonds is 5. The van der Waals surface area contributed by atoms with Crippen molar-refractivity contribution in [1.29, 1.82) is 0 Å². The molecule has 0 amide bonds. The van der Waals surface area contributed by atoms with Crippen LogP contribution in [0.5, 0.6) is 0 Å². The van der Waals surface area contributed by atoms with Gasteiger partial charge in [-0.2, -0.15) is 0 Å². The van der Waals surface area contributed by atoms with Gasteiger partial charge in [-0.1, -0.05) is 58.3 Å². The Kier molecular flexibility index (Phi) is 12.0. The third kappa shape index (κ3) is 6.94. The molecule has 0 radical (unpaired) electrons. The molecule has 0 aromatic rings. The molecule has 0 bridgehead atoms. The molecule has 0 atom stereocenters. The second-order valence-corrected chi connectivity index (χ2v) is 3.58. The molecule has 0 N–H and O–H groups in total. The molecule has 0 aromatic heterocycles. The van der Waals surface area contributed by atoms with Crippen LogP contribution in [0.3, 0.4) is 0 Å². The highest BCUT2D eigenvalue weighted by Gasteiger charge is 2.02. The van der Waals surface area contributed by atoms with Crippen LogP contribution in [0.1, 0.15) is 67.2 Å². The Morgan fingerprint density at radius 3 is 1.64 bits per heavy atom. The minimum Gasteiger partial charge on any atom is -0.0956 e. The fraction of sp³-hybridized carbons (Fsp3) is 0.714. The molecule has 0 saturated carbocycles. The second kappa shape index (κ2) is 10.6. The summed E-state index contributed by atoms with van der Waals surface area (Å²) in [7, 11) is 0. The highest BCUT2D eigenvalue weighted by atomic mass is 14.1. The van der Waals surface area contributed by atoms with Crippen LogP contribution < -0.4 is 0 Å². The van der Waals surface area contributed by atoms with E-state index in [2.05, 4.69) is 34.3 Å². The molecule has 0 nitrogen and oxygen atoms in total. The van der Waals surface area contributed by atoms with Crippen molar-refractivity contribution in [2.45, 2.75) is 67.2 Å². The van der Waals surface area contributed by atoms with Gasteiger partial charge in [-0.15, -0.1) is 0 Å². The van der Waals surface area contributed by atoms with Gasteiger partial charge in [0.05, 0.1) is 0 Å². The van der Waals surface area contributed by atoms with E-state index in [4.69, 9.17) is 0 Å². The zero-order valence-electron chi connectivity index (χ0n) is 11.0. The lowest BCUT2D eigenvalue weighted by atomic mass is 9.95. The van der Waals surface area contributed by atoms with Crippen molar-refractivity contribution in [3.63, 3.8) is 0 Å². The summed E-state index contributed by atoms with van der Waals surface area (Å²) in [6, 6.07) is 0. The topological polar surface area (TPSA) is 0 Å². The number of hydrogen-bond donors (Lipinski definition) is 0. The van der Waals surface area contributed by atoms with Crippen LogP contribution in [0.2, 0.25) is 0 Å². The Bertz CT molecular complexity index is 168. The first kappa shape index (κ1) is 15.9.